The summed E-state index contributed by atoms with van der Waals surface area (Å²) < 4.78 is 30.2. The molecule has 0 fully saturated rings. The van der Waals surface area contributed by atoms with Crippen LogP contribution in [0.3, 0.4) is 0 Å². The van der Waals surface area contributed by atoms with Gasteiger partial charge in [-0.25, -0.2) is 13.2 Å². The molecular weight excluding hydrogens is 304 g/mol. The van der Waals surface area contributed by atoms with Crippen LogP contribution < -0.4 is 0 Å². The lowest BCUT2D eigenvalue weighted by Gasteiger charge is -2.39. The highest BCUT2D eigenvalue weighted by Crippen LogP contribution is 2.25. The molecule has 0 bridgehead atoms. The maximum absolute atomic E-state index is 12.0. The van der Waals surface area contributed by atoms with Crippen molar-refractivity contribution in [3.63, 3.8) is 0 Å². The van der Waals surface area contributed by atoms with Gasteiger partial charge in [0.25, 0.3) is 0 Å². The smallest absolute Gasteiger partial charge is 0.409 e. The topological polar surface area (TPSA) is 66.9 Å². The van der Waals surface area contributed by atoms with Gasteiger partial charge in [-0.2, -0.15) is 4.31 Å². The summed E-state index contributed by atoms with van der Waals surface area (Å²) in [4.78, 5) is 13.6. The molecule has 0 aliphatic carbocycles. The van der Waals surface area contributed by atoms with Gasteiger partial charge in [0.2, 0.25) is 10.0 Å². The first-order chi connectivity index (χ1) is 9.62. The number of ether oxygens (including phenoxy) is 1. The molecule has 0 spiro atoms. The molecule has 0 aromatic carbocycles. The molecule has 0 aliphatic rings. The molecule has 0 saturated carbocycles. The lowest BCUT2D eigenvalue weighted by molar-refractivity contribution is 0.0700. The van der Waals surface area contributed by atoms with Crippen molar-refractivity contribution in [2.45, 2.75) is 60.0 Å². The van der Waals surface area contributed by atoms with E-state index < -0.39 is 21.7 Å². The van der Waals surface area contributed by atoms with Crippen LogP contribution in [0.25, 0.3) is 0 Å². The first-order valence-corrected chi connectivity index (χ1v) is 9.29. The van der Waals surface area contributed by atoms with Gasteiger partial charge in [0.1, 0.15) is 0 Å². The van der Waals surface area contributed by atoms with Crippen LogP contribution in [0.1, 0.15) is 48.5 Å². The van der Waals surface area contributed by atoms with Crippen molar-refractivity contribution in [2.75, 3.05) is 26.5 Å². The van der Waals surface area contributed by atoms with Gasteiger partial charge in [0.05, 0.1) is 13.4 Å². The predicted octanol–water partition coefficient (Wildman–Crippen LogP) is 2.55. The molecule has 22 heavy (non-hydrogen) atoms. The zero-order chi connectivity index (χ0) is 17.9. The maximum atomic E-state index is 12.0. The highest BCUT2D eigenvalue weighted by Gasteiger charge is 2.34. The number of hydrogen-bond donors (Lipinski definition) is 0. The summed E-state index contributed by atoms with van der Waals surface area (Å²) in [5, 5.41) is 0. The molecule has 0 N–H and O–H groups in total. The lowest BCUT2D eigenvalue weighted by Crippen LogP contribution is -2.52. The van der Waals surface area contributed by atoms with E-state index in [0.29, 0.717) is 0 Å². The molecule has 0 heterocycles. The predicted molar refractivity (Wildman–Crippen MR) is 89.3 cm³/mol. The van der Waals surface area contributed by atoms with Crippen molar-refractivity contribution in [2.24, 2.45) is 5.41 Å². The van der Waals surface area contributed by atoms with Crippen LogP contribution in [0.4, 0.5) is 4.79 Å². The second-order valence-electron chi connectivity index (χ2n) is 7.71. The highest BCUT2D eigenvalue weighted by atomic mass is 32.2. The van der Waals surface area contributed by atoms with Crippen LogP contribution in [-0.4, -0.2) is 61.8 Å². The van der Waals surface area contributed by atoms with Crippen molar-refractivity contribution in [1.82, 2.24) is 9.21 Å². The van der Waals surface area contributed by atoms with Crippen LogP contribution in [-0.2, 0) is 14.8 Å². The molecule has 0 aromatic heterocycles. The summed E-state index contributed by atoms with van der Waals surface area (Å²) in [7, 11) is -2.02. The summed E-state index contributed by atoms with van der Waals surface area (Å²) in [5.41, 5.74) is -0.674. The van der Waals surface area contributed by atoms with Crippen molar-refractivity contribution in [3.8, 4) is 0 Å². The van der Waals surface area contributed by atoms with Crippen molar-refractivity contribution in [3.05, 3.63) is 0 Å². The number of sulfonamides is 1. The molecule has 0 aliphatic heterocycles. The Bertz CT molecular complexity index is 475. The molecule has 0 aromatic rings. The van der Waals surface area contributed by atoms with Gasteiger partial charge in [-0.1, -0.05) is 20.8 Å². The summed E-state index contributed by atoms with van der Waals surface area (Å²) >= 11 is 0. The normalized spacial score (nSPS) is 14.8. The van der Waals surface area contributed by atoms with E-state index in [4.69, 9.17) is 4.74 Å². The molecule has 7 heteroatoms. The van der Waals surface area contributed by atoms with E-state index in [1.165, 1.54) is 17.7 Å². The van der Waals surface area contributed by atoms with Crippen molar-refractivity contribution < 1.29 is 17.9 Å². The Hall–Kier alpha value is -0.820. The third-order valence-electron chi connectivity index (χ3n) is 3.82. The fraction of sp³-hybridized carbons (Fsp3) is 0.933. The van der Waals surface area contributed by atoms with Gasteiger partial charge >= 0.3 is 6.09 Å². The van der Waals surface area contributed by atoms with E-state index in [1.807, 2.05) is 48.5 Å². The maximum Gasteiger partial charge on any atom is 0.409 e. The van der Waals surface area contributed by atoms with E-state index >= 15 is 0 Å². The van der Waals surface area contributed by atoms with E-state index in [0.717, 1.165) is 0 Å². The molecule has 132 valence electrons. The number of rotatable bonds is 5. The number of methoxy groups -OCH3 is 1. The van der Waals surface area contributed by atoms with E-state index in [-0.39, 0.29) is 24.5 Å². The Morgan fingerprint density at radius 3 is 1.82 bits per heavy atom. The number of carbonyl (C=O) groups excluding carboxylic acids is 1. The third-order valence-corrected chi connectivity index (χ3v) is 5.35. The molecular formula is C15H32N2O4S. The highest BCUT2D eigenvalue weighted by molar-refractivity contribution is 7.88. The summed E-state index contributed by atoms with van der Waals surface area (Å²) in [5.74, 6) is 0. The minimum absolute atomic E-state index is 0.0821. The molecule has 1 atom stereocenters. The summed E-state index contributed by atoms with van der Waals surface area (Å²) in [6, 6.07) is -0.0821. The zero-order valence-electron chi connectivity index (χ0n) is 15.4. The Kier molecular flexibility index (Phi) is 6.90. The van der Waals surface area contributed by atoms with E-state index in [1.54, 1.807) is 4.90 Å². The van der Waals surface area contributed by atoms with Gasteiger partial charge in [0.15, 0.2) is 0 Å². The fourth-order valence-electron chi connectivity index (χ4n) is 2.23. The zero-order valence-corrected chi connectivity index (χ0v) is 16.2. The van der Waals surface area contributed by atoms with Crippen molar-refractivity contribution in [1.29, 1.82) is 0 Å². The average Bonchev–Trinajstić information content (AvgIpc) is 2.28. The number of amides is 1. The number of nitrogens with zero attached hydrogens (tertiary/aromatic N) is 2. The second kappa shape index (κ2) is 7.17. The third kappa shape index (κ3) is 6.12. The van der Waals surface area contributed by atoms with Gasteiger partial charge in [-0.3, -0.25) is 0 Å². The fourth-order valence-corrected chi connectivity index (χ4v) is 3.63. The largest absolute Gasteiger partial charge is 0.453 e. The summed E-state index contributed by atoms with van der Waals surface area (Å²) in [6.07, 6.45) is 0.748. The van der Waals surface area contributed by atoms with Gasteiger partial charge in [0, 0.05) is 24.7 Å². The molecule has 0 radical (unpaired) electrons. The first-order valence-electron chi connectivity index (χ1n) is 7.44. The molecule has 0 saturated heterocycles. The first kappa shape index (κ1) is 21.2. The Morgan fingerprint density at radius 2 is 1.55 bits per heavy atom. The minimum Gasteiger partial charge on any atom is -0.453 e. The van der Waals surface area contributed by atoms with E-state index in [9.17, 15) is 13.2 Å². The van der Waals surface area contributed by atoms with Crippen LogP contribution in [0.5, 0.6) is 0 Å². The molecule has 0 rings (SSSR count). The summed E-state index contributed by atoms with van der Waals surface area (Å²) in [6.45, 7) is 14.1. The second-order valence-corrected chi connectivity index (χ2v) is 9.62. The van der Waals surface area contributed by atoms with Gasteiger partial charge in [-0.15, -0.1) is 0 Å². The Morgan fingerprint density at radius 1 is 1.09 bits per heavy atom. The molecule has 1 amide bonds. The Labute approximate surface area is 135 Å². The Balaban J connectivity index is 5.30. The molecule has 1 unspecified atom stereocenters. The van der Waals surface area contributed by atoms with Gasteiger partial charge in [-0.05, 0) is 33.1 Å². The van der Waals surface area contributed by atoms with E-state index in [2.05, 4.69) is 0 Å². The monoisotopic (exact) mass is 336 g/mol. The standard InChI is InChI=1S/C15H32N2O4S/c1-12(14(2,3)4)16(13(18)21-8)10-11-17(15(5,6)7)22(9,19)20/h12H,10-11H2,1-9H3. The van der Waals surface area contributed by atoms with Crippen LogP contribution in [0, 0.1) is 5.41 Å². The minimum atomic E-state index is -3.36. The number of hydrogen-bond acceptors (Lipinski definition) is 4. The lowest BCUT2D eigenvalue weighted by atomic mass is 9.87. The SMILES string of the molecule is COC(=O)N(CCN(C(C)(C)C)S(C)(=O)=O)C(C)C(C)(C)C. The molecule has 6 nitrogen and oxygen atoms in total. The van der Waals surface area contributed by atoms with Crippen LogP contribution in [0.2, 0.25) is 0 Å². The quantitative estimate of drug-likeness (QED) is 0.774. The van der Waals surface area contributed by atoms with Crippen LogP contribution in [0.15, 0.2) is 0 Å². The van der Waals surface area contributed by atoms with Crippen molar-refractivity contribution >= 4 is 16.1 Å². The van der Waals surface area contributed by atoms with Gasteiger partial charge < -0.3 is 9.64 Å². The van der Waals surface area contributed by atoms with Crippen LogP contribution >= 0.6 is 0 Å². The average molecular weight is 336 g/mol. The number of carbonyl (C=O) groups is 1.